The van der Waals surface area contributed by atoms with Crippen LogP contribution in [0.15, 0.2) is 60.7 Å². The highest BCUT2D eigenvalue weighted by molar-refractivity contribution is 5.88. The van der Waals surface area contributed by atoms with Gasteiger partial charge in [-0.3, -0.25) is 9.59 Å². The maximum atomic E-state index is 13.3. The minimum Gasteiger partial charge on any atom is -0.352 e. The minimum absolute atomic E-state index is 0.00589. The Morgan fingerprint density at radius 1 is 0.964 bits per heavy atom. The Morgan fingerprint density at radius 3 is 2.11 bits per heavy atom. The van der Waals surface area contributed by atoms with E-state index in [0.29, 0.717) is 19.4 Å². The highest BCUT2D eigenvalue weighted by Crippen LogP contribution is 2.20. The smallest absolute Gasteiger partial charge is 0.243 e. The van der Waals surface area contributed by atoms with E-state index in [-0.39, 0.29) is 17.9 Å². The number of benzene rings is 2. The van der Waals surface area contributed by atoms with Gasteiger partial charge in [0, 0.05) is 25.4 Å². The van der Waals surface area contributed by atoms with Crippen molar-refractivity contribution in [3.8, 4) is 0 Å². The highest BCUT2D eigenvalue weighted by atomic mass is 16.2. The molecule has 0 aliphatic heterocycles. The molecule has 28 heavy (non-hydrogen) atoms. The molecule has 1 saturated carbocycles. The lowest BCUT2D eigenvalue weighted by Gasteiger charge is -2.32. The molecule has 0 unspecified atom stereocenters. The van der Waals surface area contributed by atoms with Gasteiger partial charge in [0.25, 0.3) is 0 Å². The SMILES string of the molecule is CCC(=O)N(Cc1ccccc1)[C@H](Cc1ccccc1)C(=O)NC1CCCC1. The zero-order valence-electron chi connectivity index (χ0n) is 16.6. The lowest BCUT2D eigenvalue weighted by atomic mass is 10.0. The second-order valence-electron chi connectivity index (χ2n) is 7.56. The molecule has 0 saturated heterocycles. The zero-order chi connectivity index (χ0) is 19.8. The quantitative estimate of drug-likeness (QED) is 0.752. The topological polar surface area (TPSA) is 49.4 Å². The molecule has 0 radical (unpaired) electrons. The fraction of sp³-hybridized carbons (Fsp3) is 0.417. The second-order valence-corrected chi connectivity index (χ2v) is 7.56. The Morgan fingerprint density at radius 2 is 1.54 bits per heavy atom. The first kappa shape index (κ1) is 20.1. The zero-order valence-corrected chi connectivity index (χ0v) is 16.6. The van der Waals surface area contributed by atoms with Crippen molar-refractivity contribution in [3.05, 3.63) is 71.8 Å². The van der Waals surface area contributed by atoms with E-state index in [4.69, 9.17) is 0 Å². The van der Waals surface area contributed by atoms with Crippen molar-refractivity contribution in [1.29, 1.82) is 0 Å². The number of hydrogen-bond acceptors (Lipinski definition) is 2. The van der Waals surface area contributed by atoms with Gasteiger partial charge in [-0.25, -0.2) is 0 Å². The van der Waals surface area contributed by atoms with Crippen LogP contribution in [0.4, 0.5) is 0 Å². The number of carbonyl (C=O) groups excluding carboxylic acids is 2. The van der Waals surface area contributed by atoms with Crippen LogP contribution in [0.5, 0.6) is 0 Å². The van der Waals surface area contributed by atoms with Crippen LogP contribution in [0.25, 0.3) is 0 Å². The van der Waals surface area contributed by atoms with E-state index in [2.05, 4.69) is 5.32 Å². The summed E-state index contributed by atoms with van der Waals surface area (Å²) in [7, 11) is 0. The van der Waals surface area contributed by atoms with Crippen LogP contribution >= 0.6 is 0 Å². The first-order valence-electron chi connectivity index (χ1n) is 10.3. The summed E-state index contributed by atoms with van der Waals surface area (Å²) in [6.45, 7) is 2.30. The Balaban J connectivity index is 1.85. The average Bonchev–Trinajstić information content (AvgIpc) is 3.24. The van der Waals surface area contributed by atoms with Gasteiger partial charge in [0.1, 0.15) is 6.04 Å². The van der Waals surface area contributed by atoms with Crippen molar-refractivity contribution < 1.29 is 9.59 Å². The van der Waals surface area contributed by atoms with Crippen molar-refractivity contribution in [2.45, 2.75) is 64.1 Å². The van der Waals surface area contributed by atoms with Gasteiger partial charge >= 0.3 is 0 Å². The molecule has 0 bridgehead atoms. The van der Waals surface area contributed by atoms with Crippen molar-refractivity contribution >= 4 is 11.8 Å². The van der Waals surface area contributed by atoms with Crippen molar-refractivity contribution in [1.82, 2.24) is 10.2 Å². The molecule has 0 heterocycles. The molecule has 148 valence electrons. The molecule has 1 aliphatic carbocycles. The number of nitrogens with zero attached hydrogens (tertiary/aromatic N) is 1. The third kappa shape index (κ3) is 5.44. The molecular formula is C24H30N2O2. The molecule has 1 aliphatic rings. The minimum atomic E-state index is -0.504. The molecule has 3 rings (SSSR count). The maximum Gasteiger partial charge on any atom is 0.243 e. The molecule has 1 atom stereocenters. The van der Waals surface area contributed by atoms with Crippen LogP contribution in [-0.4, -0.2) is 28.8 Å². The molecule has 2 aromatic rings. The van der Waals surface area contributed by atoms with Gasteiger partial charge in [-0.1, -0.05) is 80.4 Å². The van der Waals surface area contributed by atoms with Gasteiger partial charge in [-0.2, -0.15) is 0 Å². The van der Waals surface area contributed by atoms with Crippen LogP contribution in [0.2, 0.25) is 0 Å². The van der Waals surface area contributed by atoms with Gasteiger partial charge in [0.15, 0.2) is 0 Å². The Hall–Kier alpha value is -2.62. The fourth-order valence-electron chi connectivity index (χ4n) is 3.90. The van der Waals surface area contributed by atoms with Crippen LogP contribution < -0.4 is 5.32 Å². The summed E-state index contributed by atoms with van der Waals surface area (Å²) in [5.74, 6) is -0.0279. The summed E-state index contributed by atoms with van der Waals surface area (Å²) < 4.78 is 0. The van der Waals surface area contributed by atoms with Crippen LogP contribution in [0.3, 0.4) is 0 Å². The summed E-state index contributed by atoms with van der Waals surface area (Å²) in [5, 5.41) is 3.21. The van der Waals surface area contributed by atoms with Crippen LogP contribution in [0.1, 0.15) is 50.2 Å². The van der Waals surface area contributed by atoms with E-state index >= 15 is 0 Å². The molecule has 0 spiro atoms. The number of carbonyl (C=O) groups is 2. The van der Waals surface area contributed by atoms with Gasteiger partial charge in [0.05, 0.1) is 0 Å². The lowest BCUT2D eigenvalue weighted by Crippen LogP contribution is -2.52. The van der Waals surface area contributed by atoms with Gasteiger partial charge < -0.3 is 10.2 Å². The second kappa shape index (κ2) is 10.1. The Labute approximate surface area is 167 Å². The van der Waals surface area contributed by atoms with Crippen molar-refractivity contribution in [3.63, 3.8) is 0 Å². The summed E-state index contributed by atoms with van der Waals surface area (Å²) >= 11 is 0. The fourth-order valence-corrected chi connectivity index (χ4v) is 3.90. The number of nitrogens with one attached hydrogen (secondary N) is 1. The summed E-state index contributed by atoms with van der Waals surface area (Å²) in [6.07, 6.45) is 5.30. The van der Waals surface area contributed by atoms with Gasteiger partial charge in [-0.15, -0.1) is 0 Å². The Bertz CT molecular complexity index is 755. The molecule has 4 heteroatoms. The highest BCUT2D eigenvalue weighted by Gasteiger charge is 2.31. The molecule has 1 fully saturated rings. The normalized spacial score (nSPS) is 15.2. The Kier molecular flexibility index (Phi) is 7.24. The number of hydrogen-bond donors (Lipinski definition) is 1. The number of rotatable bonds is 8. The van der Waals surface area contributed by atoms with E-state index in [1.54, 1.807) is 4.90 Å². The van der Waals surface area contributed by atoms with E-state index in [1.165, 1.54) is 0 Å². The molecular weight excluding hydrogens is 348 g/mol. The van der Waals surface area contributed by atoms with Gasteiger partial charge in [0.2, 0.25) is 11.8 Å². The molecule has 2 aromatic carbocycles. The predicted molar refractivity (Wildman–Crippen MR) is 112 cm³/mol. The van der Waals surface area contributed by atoms with Crippen LogP contribution in [-0.2, 0) is 22.6 Å². The number of amides is 2. The van der Waals surface area contributed by atoms with E-state index < -0.39 is 6.04 Å². The van der Waals surface area contributed by atoms with E-state index in [1.807, 2.05) is 67.6 Å². The molecule has 2 amide bonds. The summed E-state index contributed by atoms with van der Waals surface area (Å²) in [4.78, 5) is 27.8. The predicted octanol–water partition coefficient (Wildman–Crippen LogP) is 4.10. The van der Waals surface area contributed by atoms with Crippen molar-refractivity contribution in [2.75, 3.05) is 0 Å². The largest absolute Gasteiger partial charge is 0.352 e. The molecule has 0 aromatic heterocycles. The van der Waals surface area contributed by atoms with Crippen molar-refractivity contribution in [2.24, 2.45) is 0 Å². The lowest BCUT2D eigenvalue weighted by molar-refractivity contribution is -0.141. The van der Waals surface area contributed by atoms with Gasteiger partial charge in [-0.05, 0) is 24.0 Å². The standard InChI is InChI=1S/C24H30N2O2/c1-2-23(27)26(18-20-13-7-4-8-14-20)22(17-19-11-5-3-6-12-19)24(28)25-21-15-9-10-16-21/h3-8,11-14,21-22H,2,9-10,15-18H2,1H3,(H,25,28)/t22-/m1/s1. The maximum absolute atomic E-state index is 13.3. The molecule has 1 N–H and O–H groups in total. The monoisotopic (exact) mass is 378 g/mol. The average molecular weight is 379 g/mol. The third-order valence-corrected chi connectivity index (χ3v) is 5.47. The van der Waals surface area contributed by atoms with Crippen LogP contribution in [0, 0.1) is 0 Å². The first-order chi connectivity index (χ1) is 13.7. The third-order valence-electron chi connectivity index (χ3n) is 5.47. The van der Waals surface area contributed by atoms with E-state index in [9.17, 15) is 9.59 Å². The molecule has 4 nitrogen and oxygen atoms in total. The first-order valence-corrected chi connectivity index (χ1v) is 10.3. The summed E-state index contributed by atoms with van der Waals surface area (Å²) in [5.41, 5.74) is 2.10. The summed E-state index contributed by atoms with van der Waals surface area (Å²) in [6, 6.07) is 19.6. The van der Waals surface area contributed by atoms with E-state index in [0.717, 1.165) is 36.8 Å².